The number of hydrogen-bond donors (Lipinski definition) is 2. The highest BCUT2D eigenvalue weighted by molar-refractivity contribution is 7.98. The van der Waals surface area contributed by atoms with E-state index in [9.17, 15) is 9.59 Å². The summed E-state index contributed by atoms with van der Waals surface area (Å²) in [7, 11) is 0. The second-order valence-corrected chi connectivity index (χ2v) is 7.51. The lowest BCUT2D eigenvalue weighted by atomic mass is 10.1. The topological polar surface area (TPSA) is 58.2 Å². The first-order chi connectivity index (χ1) is 12.4. The van der Waals surface area contributed by atoms with E-state index in [4.69, 9.17) is 23.2 Å². The van der Waals surface area contributed by atoms with E-state index in [1.54, 1.807) is 36.9 Å². The minimum atomic E-state index is -0.592. The van der Waals surface area contributed by atoms with E-state index in [1.165, 1.54) is 0 Å². The van der Waals surface area contributed by atoms with Crippen molar-refractivity contribution in [2.75, 3.05) is 6.54 Å². The van der Waals surface area contributed by atoms with E-state index >= 15 is 0 Å². The van der Waals surface area contributed by atoms with Crippen molar-refractivity contribution in [2.24, 2.45) is 0 Å². The first kappa shape index (κ1) is 20.6. The maximum atomic E-state index is 12.4. The van der Waals surface area contributed by atoms with E-state index < -0.39 is 6.04 Å². The summed E-state index contributed by atoms with van der Waals surface area (Å²) in [5.41, 5.74) is 1.49. The number of thioether (sulfide) groups is 1. The lowest BCUT2D eigenvalue weighted by molar-refractivity contribution is -0.122. The molecule has 0 aromatic heterocycles. The summed E-state index contributed by atoms with van der Waals surface area (Å²) in [6.07, 6.45) is 0. The Bertz CT molecular complexity index is 799. The van der Waals surface area contributed by atoms with Gasteiger partial charge in [0.05, 0.1) is 5.02 Å². The van der Waals surface area contributed by atoms with E-state index in [0.29, 0.717) is 27.9 Å². The van der Waals surface area contributed by atoms with Crippen LogP contribution in [0.2, 0.25) is 10.0 Å². The summed E-state index contributed by atoms with van der Waals surface area (Å²) in [5.74, 6) is 0.159. The fourth-order valence-corrected chi connectivity index (χ4v) is 3.66. The summed E-state index contributed by atoms with van der Waals surface area (Å²) in [6.45, 7) is 4.02. The van der Waals surface area contributed by atoms with Gasteiger partial charge in [-0.05, 0) is 49.7 Å². The molecule has 0 radical (unpaired) electrons. The number of rotatable bonds is 7. The largest absolute Gasteiger partial charge is 0.355 e. The molecular formula is C19H20Cl2N2O2S. The third-order valence-electron chi connectivity index (χ3n) is 3.57. The molecule has 2 rings (SSSR count). The maximum absolute atomic E-state index is 12.4. The van der Waals surface area contributed by atoms with Gasteiger partial charge in [0.25, 0.3) is 5.91 Å². The molecule has 0 aliphatic heterocycles. The number of halogens is 2. The third-order valence-corrected chi connectivity index (χ3v) is 5.37. The molecule has 2 amide bonds. The molecule has 2 N–H and O–H groups in total. The van der Waals surface area contributed by atoms with Gasteiger partial charge in [-0.15, -0.1) is 11.8 Å². The Morgan fingerprint density at radius 3 is 2.65 bits per heavy atom. The molecule has 2 aromatic carbocycles. The van der Waals surface area contributed by atoms with Crippen LogP contribution in [0.4, 0.5) is 0 Å². The summed E-state index contributed by atoms with van der Waals surface area (Å²) < 4.78 is 0. The van der Waals surface area contributed by atoms with Crippen molar-refractivity contribution in [3.8, 4) is 0 Å². The average Bonchev–Trinajstić information content (AvgIpc) is 2.62. The predicted molar refractivity (Wildman–Crippen MR) is 108 cm³/mol. The minimum absolute atomic E-state index is 0.205. The second-order valence-electron chi connectivity index (χ2n) is 5.65. The average molecular weight is 411 g/mol. The monoisotopic (exact) mass is 410 g/mol. The molecule has 4 nitrogen and oxygen atoms in total. The number of likely N-dealkylation sites (N-methyl/N-ethyl adjacent to an activating group) is 1. The number of carbonyl (C=O) groups excluding carboxylic acids is 2. The Morgan fingerprint density at radius 2 is 1.92 bits per heavy atom. The molecule has 0 bridgehead atoms. The van der Waals surface area contributed by atoms with E-state index in [1.807, 2.05) is 31.2 Å². The van der Waals surface area contributed by atoms with Crippen LogP contribution in [0.5, 0.6) is 0 Å². The maximum Gasteiger partial charge on any atom is 0.251 e. The highest BCUT2D eigenvalue weighted by Crippen LogP contribution is 2.32. The Morgan fingerprint density at radius 1 is 1.15 bits per heavy atom. The number of amides is 2. The molecule has 26 heavy (non-hydrogen) atoms. The van der Waals surface area contributed by atoms with Gasteiger partial charge in [-0.25, -0.2) is 0 Å². The molecule has 1 atom stereocenters. The van der Waals surface area contributed by atoms with Gasteiger partial charge in [0.1, 0.15) is 6.04 Å². The van der Waals surface area contributed by atoms with Gasteiger partial charge in [-0.3, -0.25) is 9.59 Å². The summed E-state index contributed by atoms with van der Waals surface area (Å²) in [6, 6.07) is 12.0. The zero-order valence-electron chi connectivity index (χ0n) is 14.5. The van der Waals surface area contributed by atoms with Crippen LogP contribution in [0.15, 0.2) is 47.4 Å². The molecule has 0 aliphatic rings. The fourth-order valence-electron chi connectivity index (χ4n) is 2.22. The second kappa shape index (κ2) is 9.86. The molecule has 0 saturated heterocycles. The van der Waals surface area contributed by atoms with Crippen molar-refractivity contribution in [3.63, 3.8) is 0 Å². The summed E-state index contributed by atoms with van der Waals surface area (Å²) in [4.78, 5) is 25.0. The Labute approximate surface area is 167 Å². The first-order valence-electron chi connectivity index (χ1n) is 8.16. The zero-order chi connectivity index (χ0) is 19.1. The van der Waals surface area contributed by atoms with Crippen molar-refractivity contribution < 1.29 is 9.59 Å². The standard InChI is InChI=1S/C19H20Cl2N2O2S/c1-3-22-18(24)12(2)23-19(25)14-6-4-5-13(9-14)11-26-17-10-15(20)7-8-16(17)21/h4-10,12H,3,11H2,1-2H3,(H,22,24)(H,23,25)/t12-/m0/s1. The van der Waals surface area contributed by atoms with Gasteiger partial charge in [-0.1, -0.05) is 35.3 Å². The molecule has 0 aliphatic carbocycles. The van der Waals surface area contributed by atoms with Crippen LogP contribution in [0.25, 0.3) is 0 Å². The van der Waals surface area contributed by atoms with Gasteiger partial charge in [-0.2, -0.15) is 0 Å². The van der Waals surface area contributed by atoms with Crippen molar-refractivity contribution in [3.05, 3.63) is 63.6 Å². The van der Waals surface area contributed by atoms with Crippen LogP contribution in [-0.4, -0.2) is 24.4 Å². The molecule has 0 unspecified atom stereocenters. The van der Waals surface area contributed by atoms with Crippen molar-refractivity contribution in [2.45, 2.75) is 30.5 Å². The van der Waals surface area contributed by atoms with E-state index in [0.717, 1.165) is 10.5 Å². The van der Waals surface area contributed by atoms with Gasteiger partial charge < -0.3 is 10.6 Å². The van der Waals surface area contributed by atoms with Gasteiger partial charge >= 0.3 is 0 Å². The van der Waals surface area contributed by atoms with Crippen LogP contribution in [0, 0.1) is 0 Å². The Hall–Kier alpha value is -1.69. The van der Waals surface area contributed by atoms with Crippen LogP contribution in [0.1, 0.15) is 29.8 Å². The van der Waals surface area contributed by atoms with Crippen LogP contribution in [0.3, 0.4) is 0 Å². The van der Waals surface area contributed by atoms with Gasteiger partial charge in [0, 0.05) is 27.8 Å². The van der Waals surface area contributed by atoms with E-state index in [-0.39, 0.29) is 11.8 Å². The smallest absolute Gasteiger partial charge is 0.251 e. The van der Waals surface area contributed by atoms with Gasteiger partial charge in [0.2, 0.25) is 5.91 Å². The Kier molecular flexibility index (Phi) is 7.82. The van der Waals surface area contributed by atoms with Crippen LogP contribution < -0.4 is 10.6 Å². The van der Waals surface area contributed by atoms with Crippen LogP contribution in [-0.2, 0) is 10.5 Å². The highest BCUT2D eigenvalue weighted by atomic mass is 35.5. The number of hydrogen-bond acceptors (Lipinski definition) is 3. The fraction of sp³-hybridized carbons (Fsp3) is 0.263. The number of benzene rings is 2. The Balaban J connectivity index is 2.02. The van der Waals surface area contributed by atoms with Gasteiger partial charge in [0.15, 0.2) is 0 Å². The molecule has 0 fully saturated rings. The zero-order valence-corrected chi connectivity index (χ0v) is 16.8. The normalized spacial score (nSPS) is 11.7. The molecular weight excluding hydrogens is 391 g/mol. The van der Waals surface area contributed by atoms with Crippen molar-refractivity contribution in [1.29, 1.82) is 0 Å². The van der Waals surface area contributed by atoms with Crippen molar-refractivity contribution >= 4 is 46.8 Å². The molecule has 2 aromatic rings. The molecule has 0 saturated carbocycles. The third kappa shape index (κ3) is 5.94. The van der Waals surface area contributed by atoms with E-state index in [2.05, 4.69) is 10.6 Å². The number of carbonyl (C=O) groups is 2. The lowest BCUT2D eigenvalue weighted by Gasteiger charge is -2.13. The first-order valence-corrected chi connectivity index (χ1v) is 9.90. The minimum Gasteiger partial charge on any atom is -0.355 e. The molecule has 0 heterocycles. The summed E-state index contributed by atoms with van der Waals surface area (Å²) >= 11 is 13.7. The molecule has 0 spiro atoms. The molecule has 7 heteroatoms. The van der Waals surface area contributed by atoms with Crippen molar-refractivity contribution in [1.82, 2.24) is 10.6 Å². The SMILES string of the molecule is CCNC(=O)[C@H](C)NC(=O)c1cccc(CSc2cc(Cl)ccc2Cl)c1. The lowest BCUT2D eigenvalue weighted by Crippen LogP contribution is -2.44. The molecule has 138 valence electrons. The number of nitrogens with one attached hydrogen (secondary N) is 2. The highest BCUT2D eigenvalue weighted by Gasteiger charge is 2.16. The predicted octanol–water partition coefficient (Wildman–Crippen LogP) is 4.54. The quantitative estimate of drug-likeness (QED) is 0.658. The van der Waals surface area contributed by atoms with Crippen LogP contribution >= 0.6 is 35.0 Å². The summed E-state index contributed by atoms with van der Waals surface area (Å²) in [5, 5.41) is 6.66.